The lowest BCUT2D eigenvalue weighted by atomic mass is 9.89. The molecule has 2 aromatic carbocycles. The number of likely N-dealkylation sites (tertiary alicyclic amines) is 1. The number of nitrogens with zero attached hydrogens (tertiary/aromatic N) is 3. The molecule has 0 aromatic heterocycles. The first-order valence-electron chi connectivity index (χ1n) is 35.0. The van der Waals surface area contributed by atoms with Crippen molar-refractivity contribution in [2.75, 3.05) is 126 Å². The Labute approximate surface area is 611 Å². The largest absolute Gasteiger partial charge is 0.490 e. The highest BCUT2D eigenvalue weighted by atomic mass is 19.4. The van der Waals surface area contributed by atoms with Crippen LogP contribution in [0.15, 0.2) is 48.5 Å². The normalized spacial score (nSPS) is 20.0. The Morgan fingerprint density at radius 2 is 1.27 bits per heavy atom. The van der Waals surface area contributed by atoms with Crippen LogP contribution in [0, 0.1) is 23.7 Å². The Bertz CT molecular complexity index is 2950. The summed E-state index contributed by atoms with van der Waals surface area (Å²) in [6.45, 7) is 18.7. The van der Waals surface area contributed by atoms with Gasteiger partial charge in [0.1, 0.15) is 42.8 Å². The van der Waals surface area contributed by atoms with E-state index in [-0.39, 0.29) is 74.0 Å². The van der Waals surface area contributed by atoms with Crippen LogP contribution in [0.3, 0.4) is 0 Å². The van der Waals surface area contributed by atoms with Gasteiger partial charge in [-0.1, -0.05) is 91.3 Å². The number of carbonyl (C=O) groups excluding carboxylic acids is 6. The fraction of sp³-hybridized carbons (Fsp3) is 0.714. The van der Waals surface area contributed by atoms with Crippen LogP contribution in [-0.4, -0.2) is 293 Å². The first-order chi connectivity index (χ1) is 49.7. The van der Waals surface area contributed by atoms with E-state index in [4.69, 9.17) is 67.7 Å². The zero-order valence-corrected chi connectivity index (χ0v) is 62.1. The molecule has 2 aliphatic rings. The molecule has 0 bridgehead atoms. The number of hydrogen-bond acceptors (Lipinski definition) is 24. The Kier molecular flexibility index (Phi) is 41.9. The summed E-state index contributed by atoms with van der Waals surface area (Å²) in [5.74, 6) is -8.78. The number of carboxylic acids is 2. The van der Waals surface area contributed by atoms with Crippen LogP contribution in [0.1, 0.15) is 105 Å². The number of carboxylic acid groups (broad SMARTS) is 2. The van der Waals surface area contributed by atoms with Crippen LogP contribution < -0.4 is 26.4 Å². The first-order valence-corrected chi connectivity index (χ1v) is 35.0. The van der Waals surface area contributed by atoms with Crippen LogP contribution in [-0.2, 0) is 87.5 Å². The van der Waals surface area contributed by atoms with Crippen molar-refractivity contribution < 1.29 is 134 Å². The van der Waals surface area contributed by atoms with Crippen LogP contribution in [0.25, 0.3) is 0 Å². The maximum Gasteiger partial charge on any atom is 0.490 e. The Morgan fingerprint density at radius 1 is 0.714 bits per heavy atom. The molecule has 0 unspecified atom stereocenters. The van der Waals surface area contributed by atoms with E-state index in [0.717, 1.165) is 4.90 Å². The molecule has 2 aliphatic heterocycles. The van der Waals surface area contributed by atoms with Gasteiger partial charge in [-0.15, -0.1) is 0 Å². The zero-order chi connectivity index (χ0) is 78.7. The van der Waals surface area contributed by atoms with Crippen LogP contribution in [0.5, 0.6) is 5.75 Å². The molecular weight excluding hydrogens is 1400 g/mol. The lowest BCUT2D eigenvalue weighted by Crippen LogP contribution is -2.61. The molecule has 35 heteroatoms. The highest BCUT2D eigenvalue weighted by molar-refractivity contribution is 5.93. The molecule has 0 radical (unpaired) electrons. The minimum Gasteiger partial charge on any atom is -0.479 e. The van der Waals surface area contributed by atoms with Gasteiger partial charge in [0.25, 0.3) is 0 Å². The average molecular weight is 1510 g/mol. The zero-order valence-electron chi connectivity index (χ0n) is 62.1. The second-order valence-corrected chi connectivity index (χ2v) is 26.1. The van der Waals surface area contributed by atoms with Gasteiger partial charge in [0.15, 0.2) is 6.10 Å². The molecule has 2 aromatic rings. The number of nitrogens with two attached hydrogens (primary N) is 1. The number of benzene rings is 2. The van der Waals surface area contributed by atoms with E-state index in [1.165, 1.54) is 44.4 Å². The first kappa shape index (κ1) is 92.2. The summed E-state index contributed by atoms with van der Waals surface area (Å²) in [6.07, 6.45) is -16.7. The number of methoxy groups -OCH3 is 2. The highest BCUT2D eigenvalue weighted by Gasteiger charge is 2.49. The molecule has 2 heterocycles. The number of aliphatic hydroxyl groups excluding tert-OH is 4. The van der Waals surface area contributed by atoms with Gasteiger partial charge >= 0.3 is 24.2 Å². The van der Waals surface area contributed by atoms with Crippen molar-refractivity contribution in [2.45, 2.75) is 180 Å². The molecule has 0 spiro atoms. The predicted octanol–water partition coefficient (Wildman–Crippen LogP) is 2.87. The molecule has 598 valence electrons. The molecule has 11 N–H and O–H groups in total. The summed E-state index contributed by atoms with van der Waals surface area (Å²) in [5.41, 5.74) is 6.25. The summed E-state index contributed by atoms with van der Waals surface area (Å²) in [7, 11) is 5.97. The standard InChI is InChI=1S/C68H111N7O23.C2HF3O2/c1-13-43(6)56(51(88-11)39-53(77)75-25-17-20-49(75)61(89-12)44(7)63(82)70-45(8)57(78)47-18-15-14-16-19-47)73(9)65(84)54(41(2)3)72-64(83)55(42(4)5)74(10)68(87)96-40-46-21-22-50(97-67-60(81)58(79)59(80)62(98-67)66(85)86)48(38-46)71-52(76)23-26-90-28-30-92-32-34-94-36-37-95-35-33-93-31-29-91-27-24-69;3-2(4,5)1(6)7/h14-16,18-19,21-22,38,41-45,49,51,54-62,67,78-81H,13,17,20,23-37,39-40,69H2,1-12H3,(H,70,82)(H,71,76)(H,72,83)(H,85,86);(H,6,7)/t43-,44+,45+,49-,51+,54-,55-,56-,57+,58-,59-,60+,61+,62-,67+;/m0./s1. The van der Waals surface area contributed by atoms with Crippen LogP contribution >= 0.6 is 0 Å². The lowest BCUT2D eigenvalue weighted by Gasteiger charge is -2.41. The third kappa shape index (κ3) is 30.3. The number of carbonyl (C=O) groups is 8. The fourth-order valence-electron chi connectivity index (χ4n) is 11.7. The summed E-state index contributed by atoms with van der Waals surface area (Å²) in [4.78, 5) is 110. The van der Waals surface area contributed by atoms with Crippen LogP contribution in [0.2, 0.25) is 0 Å². The molecule has 2 fully saturated rings. The van der Waals surface area contributed by atoms with E-state index < -0.39 is 146 Å². The minimum absolute atomic E-state index is 0.0451. The monoisotopic (exact) mass is 1510 g/mol. The van der Waals surface area contributed by atoms with E-state index in [9.17, 15) is 72.3 Å². The lowest BCUT2D eigenvalue weighted by molar-refractivity contribution is -0.271. The van der Waals surface area contributed by atoms with Gasteiger partial charge in [0, 0.05) is 41.4 Å². The smallest absolute Gasteiger partial charge is 0.479 e. The van der Waals surface area contributed by atoms with Crippen molar-refractivity contribution in [3.8, 4) is 5.75 Å². The summed E-state index contributed by atoms with van der Waals surface area (Å²) >= 11 is 0. The van der Waals surface area contributed by atoms with Gasteiger partial charge < -0.3 is 114 Å². The molecule has 32 nitrogen and oxygen atoms in total. The third-order valence-corrected chi connectivity index (χ3v) is 17.7. The third-order valence-electron chi connectivity index (χ3n) is 17.7. The topological polar surface area (TPSA) is 431 Å². The number of ether oxygens (including phenoxy) is 11. The molecule has 2 saturated heterocycles. The van der Waals surface area contributed by atoms with Crippen molar-refractivity contribution >= 4 is 53.3 Å². The Hall–Kier alpha value is -6.97. The summed E-state index contributed by atoms with van der Waals surface area (Å²) in [5, 5.41) is 67.8. The van der Waals surface area contributed by atoms with Gasteiger partial charge in [-0.25, -0.2) is 14.4 Å². The molecule has 105 heavy (non-hydrogen) atoms. The molecule has 0 aliphatic carbocycles. The van der Waals surface area contributed by atoms with E-state index in [1.807, 2.05) is 32.0 Å². The number of halogens is 3. The number of aliphatic hydroxyl groups is 4. The minimum atomic E-state index is -5.08. The van der Waals surface area contributed by atoms with E-state index in [2.05, 4.69) is 16.0 Å². The Morgan fingerprint density at radius 3 is 1.76 bits per heavy atom. The molecule has 6 amide bonds. The van der Waals surface area contributed by atoms with Gasteiger partial charge in [0.2, 0.25) is 35.8 Å². The quantitative estimate of drug-likeness (QED) is 0.0426. The number of likely N-dealkylation sites (N-methyl/N-ethyl adjacent to an activating group) is 2. The predicted molar refractivity (Wildman–Crippen MR) is 371 cm³/mol. The van der Waals surface area contributed by atoms with E-state index in [1.54, 1.807) is 65.6 Å². The number of aliphatic carboxylic acids is 2. The van der Waals surface area contributed by atoms with E-state index >= 15 is 0 Å². The van der Waals surface area contributed by atoms with Gasteiger partial charge in [0.05, 0.1) is 140 Å². The molecule has 4 rings (SSSR count). The SMILES string of the molecule is CC[C@H](C)[C@@H]([C@@H](CC(=O)N1CCC[C@H]1[C@H](OC)[C@@H](C)C(=O)N[C@H](C)[C@@H](O)c1ccccc1)OC)N(C)C(=O)[C@@H](NC(=O)[C@H](C(C)C)N(C)C(=O)OCc1ccc(O[C@@H]2O[C@H](C(=O)O)[C@@H](O)[C@H](O)[C@H]2O)c(NC(=O)CCOCCOCCOCCOCCOCCOCCN)c1)C(C)C.O=C(O)C(F)(F)F. The number of nitrogens with one attached hydrogen (secondary N) is 3. The van der Waals surface area contributed by atoms with Gasteiger partial charge in [-0.3, -0.25) is 28.9 Å². The maximum atomic E-state index is 14.9. The molecule has 15 atom stereocenters. The second-order valence-electron chi connectivity index (χ2n) is 26.1. The van der Waals surface area contributed by atoms with Crippen molar-refractivity contribution in [3.63, 3.8) is 0 Å². The number of amides is 6. The number of rotatable bonds is 46. The molecular formula is C70H112F3N7O25. The van der Waals surface area contributed by atoms with Crippen molar-refractivity contribution in [1.82, 2.24) is 25.3 Å². The number of anilines is 1. The Balaban J connectivity index is 0.00000388. The second kappa shape index (κ2) is 47.7. The summed E-state index contributed by atoms with van der Waals surface area (Å²) in [6, 6.07) is 9.11. The van der Waals surface area contributed by atoms with E-state index in [0.29, 0.717) is 90.8 Å². The van der Waals surface area contributed by atoms with Crippen molar-refractivity contribution in [1.29, 1.82) is 0 Å². The van der Waals surface area contributed by atoms with Crippen molar-refractivity contribution in [2.24, 2.45) is 29.4 Å². The van der Waals surface area contributed by atoms with Crippen molar-refractivity contribution in [3.05, 3.63) is 59.7 Å². The highest BCUT2D eigenvalue weighted by Crippen LogP contribution is 2.33. The molecule has 0 saturated carbocycles. The summed E-state index contributed by atoms with van der Waals surface area (Å²) < 4.78 is 93.4. The maximum absolute atomic E-state index is 14.9. The fourth-order valence-corrected chi connectivity index (χ4v) is 11.7. The van der Waals surface area contributed by atoms with Gasteiger partial charge in [-0.05, 0) is 60.8 Å². The number of hydrogen-bond donors (Lipinski definition) is 10. The number of alkyl halides is 3. The van der Waals surface area contributed by atoms with Gasteiger partial charge in [-0.2, -0.15) is 13.2 Å². The van der Waals surface area contributed by atoms with Crippen LogP contribution in [0.4, 0.5) is 23.7 Å². The average Bonchev–Trinajstić information content (AvgIpc) is 1.72.